The summed E-state index contributed by atoms with van der Waals surface area (Å²) in [6.07, 6.45) is 1.37. The molecule has 19 heavy (non-hydrogen) atoms. The molecule has 0 unspecified atom stereocenters. The van der Waals surface area contributed by atoms with Crippen molar-refractivity contribution in [3.63, 3.8) is 0 Å². The van der Waals surface area contributed by atoms with E-state index < -0.39 is 6.03 Å². The third-order valence-electron chi connectivity index (χ3n) is 2.34. The van der Waals surface area contributed by atoms with Crippen molar-refractivity contribution in [2.75, 3.05) is 5.32 Å². The first-order valence-corrected chi connectivity index (χ1v) is 5.69. The van der Waals surface area contributed by atoms with Gasteiger partial charge < -0.3 is 10.4 Å². The van der Waals surface area contributed by atoms with Gasteiger partial charge in [0.15, 0.2) is 0 Å². The summed E-state index contributed by atoms with van der Waals surface area (Å²) in [6.45, 7) is 0. The second-order valence-electron chi connectivity index (χ2n) is 3.75. The fourth-order valence-corrected chi connectivity index (χ4v) is 1.44. The highest BCUT2D eigenvalue weighted by atomic mass is 16.3. The van der Waals surface area contributed by atoms with E-state index in [1.165, 1.54) is 6.21 Å². The second-order valence-corrected chi connectivity index (χ2v) is 3.75. The number of anilines is 1. The number of carbonyl (C=O) groups is 1. The van der Waals surface area contributed by atoms with Crippen molar-refractivity contribution in [1.82, 2.24) is 5.43 Å². The average molecular weight is 255 g/mol. The van der Waals surface area contributed by atoms with E-state index in [1.807, 2.05) is 18.2 Å². The summed E-state index contributed by atoms with van der Waals surface area (Å²) >= 11 is 0. The zero-order valence-corrected chi connectivity index (χ0v) is 10.1. The molecule has 0 bridgehead atoms. The van der Waals surface area contributed by atoms with Crippen molar-refractivity contribution in [1.29, 1.82) is 0 Å². The average Bonchev–Trinajstić information content (AvgIpc) is 2.42. The van der Waals surface area contributed by atoms with Crippen LogP contribution in [0.4, 0.5) is 10.5 Å². The first kappa shape index (κ1) is 12.6. The van der Waals surface area contributed by atoms with Gasteiger partial charge in [-0.15, -0.1) is 0 Å². The largest absolute Gasteiger partial charge is 0.507 e. The highest BCUT2D eigenvalue weighted by molar-refractivity contribution is 5.90. The van der Waals surface area contributed by atoms with Crippen molar-refractivity contribution >= 4 is 17.9 Å². The highest BCUT2D eigenvalue weighted by Gasteiger charge is 1.99. The van der Waals surface area contributed by atoms with Crippen LogP contribution in [-0.4, -0.2) is 17.4 Å². The maximum atomic E-state index is 11.5. The molecule has 2 amide bonds. The van der Waals surface area contributed by atoms with Crippen LogP contribution in [0.2, 0.25) is 0 Å². The summed E-state index contributed by atoms with van der Waals surface area (Å²) in [7, 11) is 0. The van der Waals surface area contributed by atoms with Crippen LogP contribution in [0.25, 0.3) is 0 Å². The van der Waals surface area contributed by atoms with E-state index in [1.54, 1.807) is 36.4 Å². The molecule has 0 aliphatic rings. The van der Waals surface area contributed by atoms with E-state index in [0.29, 0.717) is 11.3 Å². The molecule has 5 heteroatoms. The number of nitrogens with one attached hydrogen (secondary N) is 2. The minimum atomic E-state index is -0.446. The van der Waals surface area contributed by atoms with Crippen molar-refractivity contribution < 1.29 is 9.90 Å². The van der Waals surface area contributed by atoms with E-state index in [9.17, 15) is 9.90 Å². The third kappa shape index (κ3) is 3.85. The summed E-state index contributed by atoms with van der Waals surface area (Å²) in [5, 5.41) is 15.9. The Kier molecular flexibility index (Phi) is 4.12. The standard InChI is InChI=1S/C14H13N3O2/c18-13-9-5-4-6-11(13)10-15-17-14(19)16-12-7-2-1-3-8-12/h1-10,18H,(H2,16,17,19)/b15-10+. The number of hydrogen-bond acceptors (Lipinski definition) is 3. The van der Waals surface area contributed by atoms with Gasteiger partial charge in [0.05, 0.1) is 6.21 Å². The minimum absolute atomic E-state index is 0.108. The number of amides is 2. The van der Waals surface area contributed by atoms with E-state index in [2.05, 4.69) is 15.8 Å². The lowest BCUT2D eigenvalue weighted by Gasteiger charge is -2.03. The van der Waals surface area contributed by atoms with Crippen molar-refractivity contribution in [2.45, 2.75) is 0 Å². The van der Waals surface area contributed by atoms with Gasteiger partial charge in [-0.2, -0.15) is 5.10 Å². The molecule has 0 aromatic heterocycles. The van der Waals surface area contributed by atoms with Gasteiger partial charge in [-0.05, 0) is 24.3 Å². The number of para-hydroxylation sites is 2. The number of nitrogens with zero attached hydrogens (tertiary/aromatic N) is 1. The number of aromatic hydroxyl groups is 1. The summed E-state index contributed by atoms with van der Waals surface area (Å²) in [4.78, 5) is 11.5. The molecule has 0 saturated carbocycles. The second kappa shape index (κ2) is 6.20. The van der Waals surface area contributed by atoms with Crippen LogP contribution in [0.5, 0.6) is 5.75 Å². The van der Waals surface area contributed by atoms with Crippen LogP contribution >= 0.6 is 0 Å². The van der Waals surface area contributed by atoms with Gasteiger partial charge in [-0.3, -0.25) is 0 Å². The molecule has 2 aromatic rings. The maximum absolute atomic E-state index is 11.5. The number of rotatable bonds is 3. The molecule has 0 saturated heterocycles. The molecule has 0 fully saturated rings. The predicted molar refractivity (Wildman–Crippen MR) is 74.3 cm³/mol. The van der Waals surface area contributed by atoms with Gasteiger partial charge in [0.2, 0.25) is 0 Å². The van der Waals surface area contributed by atoms with Crippen molar-refractivity contribution in [3.05, 3.63) is 60.2 Å². The van der Waals surface area contributed by atoms with Crippen LogP contribution in [-0.2, 0) is 0 Å². The Balaban J connectivity index is 1.89. The molecule has 2 rings (SSSR count). The van der Waals surface area contributed by atoms with E-state index in [4.69, 9.17) is 0 Å². The number of carbonyl (C=O) groups excluding carboxylic acids is 1. The summed E-state index contributed by atoms with van der Waals surface area (Å²) < 4.78 is 0. The molecule has 0 aliphatic heterocycles. The fourth-order valence-electron chi connectivity index (χ4n) is 1.44. The highest BCUT2D eigenvalue weighted by Crippen LogP contribution is 2.12. The molecule has 2 aromatic carbocycles. The number of benzene rings is 2. The van der Waals surface area contributed by atoms with Gasteiger partial charge in [0.1, 0.15) is 5.75 Å². The van der Waals surface area contributed by atoms with E-state index >= 15 is 0 Å². The van der Waals surface area contributed by atoms with Gasteiger partial charge in [-0.1, -0.05) is 30.3 Å². The number of phenolic OH excluding ortho intramolecular Hbond substituents is 1. The number of hydrogen-bond donors (Lipinski definition) is 3. The quantitative estimate of drug-likeness (QED) is 0.582. The topological polar surface area (TPSA) is 73.7 Å². The zero-order valence-electron chi connectivity index (χ0n) is 10.1. The first-order chi connectivity index (χ1) is 9.25. The Morgan fingerprint density at radius 1 is 1.05 bits per heavy atom. The Morgan fingerprint density at radius 3 is 2.47 bits per heavy atom. The summed E-state index contributed by atoms with van der Waals surface area (Å²) in [5.41, 5.74) is 3.52. The Bertz CT molecular complexity index is 582. The number of urea groups is 1. The Morgan fingerprint density at radius 2 is 1.74 bits per heavy atom. The molecule has 0 heterocycles. The monoisotopic (exact) mass is 255 g/mol. The molecular formula is C14H13N3O2. The normalized spacial score (nSPS) is 10.3. The summed E-state index contributed by atoms with van der Waals surface area (Å²) in [5.74, 6) is 0.108. The maximum Gasteiger partial charge on any atom is 0.339 e. The molecule has 96 valence electrons. The summed E-state index contributed by atoms with van der Waals surface area (Å²) in [6, 6.07) is 15.3. The Labute approximate surface area is 110 Å². The SMILES string of the molecule is O=C(N/N=C/c1ccccc1O)Nc1ccccc1. The number of hydrazone groups is 1. The lowest BCUT2D eigenvalue weighted by atomic mass is 10.2. The predicted octanol–water partition coefficient (Wildman–Crippen LogP) is 2.55. The fraction of sp³-hybridized carbons (Fsp3) is 0. The molecule has 3 N–H and O–H groups in total. The molecule has 0 aliphatic carbocycles. The van der Waals surface area contributed by atoms with Crippen LogP contribution in [0, 0.1) is 0 Å². The lowest BCUT2D eigenvalue weighted by molar-refractivity contribution is 0.252. The van der Waals surface area contributed by atoms with Gasteiger partial charge in [-0.25, -0.2) is 10.2 Å². The van der Waals surface area contributed by atoms with Crippen LogP contribution in [0.15, 0.2) is 59.7 Å². The van der Waals surface area contributed by atoms with Gasteiger partial charge >= 0.3 is 6.03 Å². The molecular weight excluding hydrogens is 242 g/mol. The van der Waals surface area contributed by atoms with Crippen LogP contribution < -0.4 is 10.7 Å². The smallest absolute Gasteiger partial charge is 0.339 e. The lowest BCUT2D eigenvalue weighted by Crippen LogP contribution is -2.24. The van der Waals surface area contributed by atoms with Crippen LogP contribution in [0.3, 0.4) is 0 Å². The van der Waals surface area contributed by atoms with Crippen molar-refractivity contribution in [3.8, 4) is 5.75 Å². The van der Waals surface area contributed by atoms with Crippen molar-refractivity contribution in [2.24, 2.45) is 5.10 Å². The Hall–Kier alpha value is -2.82. The molecule has 5 nitrogen and oxygen atoms in total. The van der Waals surface area contributed by atoms with E-state index in [-0.39, 0.29) is 5.75 Å². The minimum Gasteiger partial charge on any atom is -0.507 e. The third-order valence-corrected chi connectivity index (χ3v) is 2.34. The van der Waals surface area contributed by atoms with Crippen LogP contribution in [0.1, 0.15) is 5.56 Å². The van der Waals surface area contributed by atoms with E-state index in [0.717, 1.165) is 0 Å². The van der Waals surface area contributed by atoms with Gasteiger partial charge in [0.25, 0.3) is 0 Å². The number of phenols is 1. The molecule has 0 radical (unpaired) electrons. The van der Waals surface area contributed by atoms with Gasteiger partial charge in [0, 0.05) is 11.3 Å². The first-order valence-electron chi connectivity index (χ1n) is 5.69. The molecule has 0 spiro atoms. The zero-order chi connectivity index (χ0) is 13.5. The molecule has 0 atom stereocenters.